The molecule has 132 valence electrons. The summed E-state index contributed by atoms with van der Waals surface area (Å²) in [6, 6.07) is 4.43. The van der Waals surface area contributed by atoms with Crippen molar-refractivity contribution < 1.29 is 9.15 Å². The smallest absolute Gasteiger partial charge is 0.236 e. The van der Waals surface area contributed by atoms with E-state index in [0.717, 1.165) is 50.8 Å². The third-order valence-electron chi connectivity index (χ3n) is 5.56. The Morgan fingerprint density at radius 2 is 2.08 bits per heavy atom. The highest BCUT2D eigenvalue weighted by Crippen LogP contribution is 2.43. The number of nitrogens with zero attached hydrogens (tertiary/aromatic N) is 5. The van der Waals surface area contributed by atoms with Crippen LogP contribution in [0.25, 0.3) is 0 Å². The Bertz CT molecular complexity index is 769. The quantitative estimate of drug-likeness (QED) is 0.852. The molecule has 2 atom stereocenters. The van der Waals surface area contributed by atoms with Gasteiger partial charge in [-0.2, -0.15) is 10.4 Å². The van der Waals surface area contributed by atoms with Crippen LogP contribution in [0.15, 0.2) is 16.7 Å². The monoisotopic (exact) mass is 341 g/mol. The second-order valence-corrected chi connectivity index (χ2v) is 7.12. The molecule has 3 heterocycles. The molecule has 25 heavy (non-hydrogen) atoms. The molecule has 7 heteroatoms. The van der Waals surface area contributed by atoms with Gasteiger partial charge in [-0.3, -0.25) is 4.68 Å². The van der Waals surface area contributed by atoms with E-state index in [-0.39, 0.29) is 12.0 Å². The summed E-state index contributed by atoms with van der Waals surface area (Å²) in [6.07, 6.45) is 8.37. The molecule has 1 aliphatic heterocycles. The number of nitriles is 1. The molecule has 0 amide bonds. The molecule has 0 unspecified atom stereocenters. The lowest BCUT2D eigenvalue weighted by molar-refractivity contribution is -0.0141. The standard InChI is InChI=1S/C18H23N5O2/c1-23-14(7-10-20-23)15-13(6-5-11-24-15)16-21-22-17(25-16)18(12-19)8-3-2-4-9-18/h7,10,13,15H,2-6,8-9,11H2,1H3/t13-,15-/m1/s1. The Labute approximate surface area is 147 Å². The zero-order valence-corrected chi connectivity index (χ0v) is 14.5. The zero-order chi connectivity index (χ0) is 17.3. The summed E-state index contributed by atoms with van der Waals surface area (Å²) in [5.74, 6) is 1.07. The Morgan fingerprint density at radius 3 is 2.80 bits per heavy atom. The minimum Gasteiger partial charge on any atom is -0.423 e. The predicted octanol–water partition coefficient (Wildman–Crippen LogP) is 3.16. The maximum atomic E-state index is 9.74. The zero-order valence-electron chi connectivity index (χ0n) is 14.5. The highest BCUT2D eigenvalue weighted by Gasteiger charge is 2.41. The highest BCUT2D eigenvalue weighted by atomic mass is 16.5. The van der Waals surface area contributed by atoms with E-state index in [1.165, 1.54) is 6.42 Å². The van der Waals surface area contributed by atoms with Gasteiger partial charge >= 0.3 is 0 Å². The van der Waals surface area contributed by atoms with E-state index in [1.54, 1.807) is 6.20 Å². The number of hydrogen-bond donors (Lipinski definition) is 0. The predicted molar refractivity (Wildman–Crippen MR) is 88.6 cm³/mol. The first-order chi connectivity index (χ1) is 12.2. The third kappa shape index (κ3) is 2.85. The van der Waals surface area contributed by atoms with Gasteiger partial charge in [0, 0.05) is 19.9 Å². The maximum absolute atomic E-state index is 9.74. The molecule has 2 aliphatic rings. The van der Waals surface area contributed by atoms with Crippen molar-refractivity contribution >= 4 is 0 Å². The van der Waals surface area contributed by atoms with Crippen molar-refractivity contribution in [2.24, 2.45) is 7.05 Å². The molecule has 7 nitrogen and oxygen atoms in total. The normalized spacial score (nSPS) is 26.2. The molecule has 1 saturated heterocycles. The van der Waals surface area contributed by atoms with E-state index in [9.17, 15) is 5.26 Å². The molecule has 0 bridgehead atoms. The lowest BCUT2D eigenvalue weighted by Crippen LogP contribution is -2.27. The van der Waals surface area contributed by atoms with Gasteiger partial charge in [0.15, 0.2) is 0 Å². The first-order valence-corrected chi connectivity index (χ1v) is 9.08. The molecule has 2 aromatic heterocycles. The fraction of sp³-hybridized carbons (Fsp3) is 0.667. The van der Waals surface area contributed by atoms with Crippen molar-refractivity contribution in [2.75, 3.05) is 6.61 Å². The minimum absolute atomic E-state index is 0.00438. The second-order valence-electron chi connectivity index (χ2n) is 7.12. The Morgan fingerprint density at radius 1 is 1.24 bits per heavy atom. The van der Waals surface area contributed by atoms with Gasteiger partial charge in [0.25, 0.3) is 0 Å². The van der Waals surface area contributed by atoms with Crippen molar-refractivity contribution in [3.63, 3.8) is 0 Å². The van der Waals surface area contributed by atoms with Gasteiger partial charge in [0.1, 0.15) is 11.5 Å². The summed E-state index contributed by atoms with van der Waals surface area (Å²) >= 11 is 0. The van der Waals surface area contributed by atoms with Gasteiger partial charge in [-0.1, -0.05) is 19.3 Å². The summed E-state index contributed by atoms with van der Waals surface area (Å²) < 4.78 is 13.9. The molecule has 2 fully saturated rings. The summed E-state index contributed by atoms with van der Waals surface area (Å²) in [4.78, 5) is 0. The molecule has 0 aromatic carbocycles. The average molecular weight is 341 g/mol. The minimum atomic E-state index is -0.610. The Hall–Kier alpha value is -2.20. The van der Waals surface area contributed by atoms with Gasteiger partial charge < -0.3 is 9.15 Å². The van der Waals surface area contributed by atoms with Crippen molar-refractivity contribution in [3.8, 4) is 6.07 Å². The molecule has 2 aromatic rings. The number of aryl methyl sites for hydroxylation is 1. The van der Waals surface area contributed by atoms with Crippen molar-refractivity contribution in [3.05, 3.63) is 29.7 Å². The highest BCUT2D eigenvalue weighted by molar-refractivity contribution is 5.20. The third-order valence-corrected chi connectivity index (χ3v) is 5.56. The van der Waals surface area contributed by atoms with Crippen LogP contribution in [0.3, 0.4) is 0 Å². The number of aromatic nitrogens is 4. The molecule has 0 radical (unpaired) electrons. The van der Waals surface area contributed by atoms with E-state index < -0.39 is 5.41 Å². The lowest BCUT2D eigenvalue weighted by atomic mass is 9.75. The summed E-state index contributed by atoms with van der Waals surface area (Å²) in [5, 5.41) is 22.6. The summed E-state index contributed by atoms with van der Waals surface area (Å²) in [6.45, 7) is 0.718. The van der Waals surface area contributed by atoms with Crippen LogP contribution in [-0.2, 0) is 17.2 Å². The van der Waals surface area contributed by atoms with Crippen molar-refractivity contribution in [2.45, 2.75) is 62.4 Å². The molecule has 0 N–H and O–H groups in total. The average Bonchev–Trinajstić information content (AvgIpc) is 3.32. The SMILES string of the molecule is Cn1nccc1[C@@H]1OCCC[C@H]1c1nnc(C2(C#N)CCCCC2)o1. The van der Waals surface area contributed by atoms with Crippen molar-refractivity contribution in [1.82, 2.24) is 20.0 Å². The second kappa shape index (κ2) is 6.60. The molecular weight excluding hydrogens is 318 g/mol. The van der Waals surface area contributed by atoms with Crippen LogP contribution in [0.2, 0.25) is 0 Å². The van der Waals surface area contributed by atoms with E-state index in [2.05, 4.69) is 21.4 Å². The summed E-state index contributed by atoms with van der Waals surface area (Å²) in [7, 11) is 1.91. The number of hydrogen-bond acceptors (Lipinski definition) is 6. The fourth-order valence-corrected chi connectivity index (χ4v) is 4.10. The lowest BCUT2D eigenvalue weighted by Gasteiger charge is -2.30. The van der Waals surface area contributed by atoms with Crippen LogP contribution < -0.4 is 0 Å². The van der Waals surface area contributed by atoms with Crippen LogP contribution in [0.4, 0.5) is 0 Å². The first kappa shape index (κ1) is 16.3. The van der Waals surface area contributed by atoms with Gasteiger partial charge in [0.05, 0.1) is 17.7 Å². The first-order valence-electron chi connectivity index (χ1n) is 9.08. The topological polar surface area (TPSA) is 89.8 Å². The molecule has 1 saturated carbocycles. The van der Waals surface area contributed by atoms with E-state index >= 15 is 0 Å². The molecule has 4 rings (SSSR count). The fourth-order valence-electron chi connectivity index (χ4n) is 4.10. The van der Waals surface area contributed by atoms with Gasteiger partial charge in [0.2, 0.25) is 11.8 Å². The van der Waals surface area contributed by atoms with E-state index in [1.807, 2.05) is 17.8 Å². The Kier molecular flexibility index (Phi) is 4.30. The molecular formula is C18H23N5O2. The summed E-state index contributed by atoms with van der Waals surface area (Å²) in [5.41, 5.74) is 0.401. The van der Waals surface area contributed by atoms with E-state index in [4.69, 9.17) is 9.15 Å². The maximum Gasteiger partial charge on any atom is 0.236 e. The Balaban J connectivity index is 1.64. The van der Waals surface area contributed by atoms with Crippen LogP contribution in [0.5, 0.6) is 0 Å². The van der Waals surface area contributed by atoms with Crippen LogP contribution >= 0.6 is 0 Å². The molecule has 1 aliphatic carbocycles. The number of rotatable bonds is 3. The van der Waals surface area contributed by atoms with Gasteiger partial charge in [-0.15, -0.1) is 10.2 Å². The van der Waals surface area contributed by atoms with Gasteiger partial charge in [-0.05, 0) is 31.7 Å². The largest absolute Gasteiger partial charge is 0.423 e. The van der Waals surface area contributed by atoms with Crippen LogP contribution in [0.1, 0.15) is 74.4 Å². The van der Waals surface area contributed by atoms with E-state index in [0.29, 0.717) is 11.8 Å². The molecule has 0 spiro atoms. The number of ether oxygens (including phenoxy) is 1. The van der Waals surface area contributed by atoms with Gasteiger partial charge in [-0.25, -0.2) is 0 Å². The van der Waals surface area contributed by atoms with Crippen LogP contribution in [-0.4, -0.2) is 26.6 Å². The van der Waals surface area contributed by atoms with Crippen LogP contribution in [0, 0.1) is 11.3 Å². The van der Waals surface area contributed by atoms with Crippen molar-refractivity contribution in [1.29, 1.82) is 5.26 Å².